The fraction of sp³-hybridized carbons (Fsp3) is 0.0769. The Kier molecular flexibility index (Phi) is 4.42. The predicted molar refractivity (Wildman–Crippen MR) is 173 cm³/mol. The van der Waals surface area contributed by atoms with E-state index in [1.54, 1.807) is 0 Å². The van der Waals surface area contributed by atoms with E-state index >= 15 is 0 Å². The minimum Gasteiger partial charge on any atom is -0.309 e. The third-order valence-electron chi connectivity index (χ3n) is 9.31. The first-order valence-electron chi connectivity index (χ1n) is 14.4. The number of nitrogens with zero attached hydrogens (tertiary/aromatic N) is 2. The molecule has 8 aromatic rings. The van der Waals surface area contributed by atoms with Crippen molar-refractivity contribution in [3.63, 3.8) is 0 Å². The fourth-order valence-electron chi connectivity index (χ4n) is 7.40. The lowest BCUT2D eigenvalue weighted by Gasteiger charge is -2.34. The molecule has 2 aromatic heterocycles. The molecule has 2 nitrogen and oxygen atoms in total. The molecular formula is C39H28N2. The quantitative estimate of drug-likeness (QED) is 0.213. The van der Waals surface area contributed by atoms with E-state index in [1.165, 1.54) is 77.2 Å². The van der Waals surface area contributed by atoms with Gasteiger partial charge < -0.3 is 9.13 Å². The minimum absolute atomic E-state index is 0.0838. The van der Waals surface area contributed by atoms with E-state index in [1.807, 2.05) is 0 Å². The molecule has 0 radical (unpaired) electrons. The molecule has 0 spiro atoms. The molecule has 41 heavy (non-hydrogen) atoms. The van der Waals surface area contributed by atoms with Crippen molar-refractivity contribution >= 4 is 43.6 Å². The molecule has 0 saturated heterocycles. The van der Waals surface area contributed by atoms with Gasteiger partial charge in [-0.1, -0.05) is 117 Å². The SMILES string of the molecule is CC1(C)c2ccccc2-n2c3ccc4c5ccccc5n(-c5ccc(-c6ccccc6)cc5)c4c3c3cccc1c32. The van der Waals surface area contributed by atoms with Crippen molar-refractivity contribution in [3.8, 4) is 22.5 Å². The maximum Gasteiger partial charge on any atom is 0.0641 e. The fourth-order valence-corrected chi connectivity index (χ4v) is 7.40. The first-order chi connectivity index (χ1) is 20.1. The van der Waals surface area contributed by atoms with Crippen molar-refractivity contribution in [2.24, 2.45) is 0 Å². The number of hydrogen-bond donors (Lipinski definition) is 0. The van der Waals surface area contributed by atoms with E-state index in [0.29, 0.717) is 0 Å². The summed E-state index contributed by atoms with van der Waals surface area (Å²) in [4.78, 5) is 0. The summed E-state index contributed by atoms with van der Waals surface area (Å²) >= 11 is 0. The van der Waals surface area contributed by atoms with Crippen LogP contribution in [0.15, 0.2) is 133 Å². The number of aromatic nitrogens is 2. The molecule has 0 saturated carbocycles. The molecule has 6 aromatic carbocycles. The molecule has 0 fully saturated rings. The highest BCUT2D eigenvalue weighted by atomic mass is 15.0. The molecule has 0 atom stereocenters. The lowest BCUT2D eigenvalue weighted by molar-refractivity contribution is 0.630. The van der Waals surface area contributed by atoms with E-state index in [2.05, 4.69) is 156 Å². The Morgan fingerprint density at radius 1 is 0.439 bits per heavy atom. The summed E-state index contributed by atoms with van der Waals surface area (Å²) < 4.78 is 4.99. The maximum atomic E-state index is 2.51. The van der Waals surface area contributed by atoms with Gasteiger partial charge in [0.2, 0.25) is 0 Å². The van der Waals surface area contributed by atoms with Crippen molar-refractivity contribution in [1.82, 2.24) is 9.13 Å². The van der Waals surface area contributed by atoms with Crippen molar-refractivity contribution in [3.05, 3.63) is 145 Å². The van der Waals surface area contributed by atoms with Gasteiger partial charge in [-0.05, 0) is 52.6 Å². The standard InChI is InChI=1S/C39H28N2/c1-39(2)31-15-7-9-18-34(31)41-35-24-23-29-28-13-6-8-17-33(28)40(38(29)36(35)30-14-10-16-32(39)37(30)41)27-21-19-26(20-22-27)25-11-4-3-5-12-25/h3-24H,1-2H3. The summed E-state index contributed by atoms with van der Waals surface area (Å²) in [5, 5.41) is 5.20. The van der Waals surface area contributed by atoms with Crippen LogP contribution in [0.2, 0.25) is 0 Å². The third kappa shape index (κ3) is 2.92. The van der Waals surface area contributed by atoms with E-state index in [-0.39, 0.29) is 5.41 Å². The summed E-state index contributed by atoms with van der Waals surface area (Å²) in [6.07, 6.45) is 0. The average molecular weight is 525 g/mol. The van der Waals surface area contributed by atoms with Crippen molar-refractivity contribution in [2.45, 2.75) is 19.3 Å². The second-order valence-corrected chi connectivity index (χ2v) is 11.8. The van der Waals surface area contributed by atoms with Crippen LogP contribution in [0.1, 0.15) is 25.0 Å². The largest absolute Gasteiger partial charge is 0.309 e. The summed E-state index contributed by atoms with van der Waals surface area (Å²) in [5.74, 6) is 0. The average Bonchev–Trinajstić information content (AvgIpc) is 3.54. The highest BCUT2D eigenvalue weighted by Gasteiger charge is 2.35. The lowest BCUT2D eigenvalue weighted by atomic mass is 9.75. The highest BCUT2D eigenvalue weighted by Crippen LogP contribution is 2.49. The zero-order valence-corrected chi connectivity index (χ0v) is 23.1. The van der Waals surface area contributed by atoms with Crippen molar-refractivity contribution in [2.75, 3.05) is 0 Å². The number of benzene rings is 6. The monoisotopic (exact) mass is 524 g/mol. The molecule has 0 aliphatic carbocycles. The van der Waals surface area contributed by atoms with Gasteiger partial charge >= 0.3 is 0 Å². The molecule has 9 rings (SSSR count). The molecule has 3 heterocycles. The van der Waals surface area contributed by atoms with E-state index in [9.17, 15) is 0 Å². The number of para-hydroxylation sites is 3. The van der Waals surface area contributed by atoms with Gasteiger partial charge in [-0.3, -0.25) is 0 Å². The Hall–Kier alpha value is -5.08. The van der Waals surface area contributed by atoms with E-state index < -0.39 is 0 Å². The van der Waals surface area contributed by atoms with Crippen LogP contribution >= 0.6 is 0 Å². The smallest absolute Gasteiger partial charge is 0.0641 e. The molecular weight excluding hydrogens is 496 g/mol. The first kappa shape index (κ1) is 22.7. The van der Waals surface area contributed by atoms with Crippen LogP contribution in [0.25, 0.3) is 66.1 Å². The summed E-state index contributed by atoms with van der Waals surface area (Å²) in [7, 11) is 0. The second kappa shape index (κ2) is 7.99. The van der Waals surface area contributed by atoms with Gasteiger partial charge in [0.25, 0.3) is 0 Å². The van der Waals surface area contributed by atoms with Gasteiger partial charge in [-0.15, -0.1) is 0 Å². The van der Waals surface area contributed by atoms with Gasteiger partial charge in [-0.25, -0.2) is 0 Å². The molecule has 194 valence electrons. The number of rotatable bonds is 2. The van der Waals surface area contributed by atoms with Crippen LogP contribution in [0, 0.1) is 0 Å². The van der Waals surface area contributed by atoms with Gasteiger partial charge in [0.05, 0.1) is 27.8 Å². The summed E-state index contributed by atoms with van der Waals surface area (Å²) in [5.41, 5.74) is 12.7. The minimum atomic E-state index is -0.0838. The Morgan fingerprint density at radius 3 is 1.98 bits per heavy atom. The molecule has 1 aliphatic heterocycles. The Bertz CT molecular complexity index is 2310. The van der Waals surface area contributed by atoms with Crippen molar-refractivity contribution in [1.29, 1.82) is 0 Å². The van der Waals surface area contributed by atoms with Gasteiger partial charge in [-0.2, -0.15) is 0 Å². The molecule has 0 bridgehead atoms. The Labute approximate surface area is 238 Å². The van der Waals surface area contributed by atoms with Crippen LogP contribution in [-0.4, -0.2) is 9.13 Å². The predicted octanol–water partition coefficient (Wildman–Crippen LogP) is 10.2. The summed E-state index contributed by atoms with van der Waals surface area (Å²) in [6, 6.07) is 49.0. The topological polar surface area (TPSA) is 9.86 Å². The van der Waals surface area contributed by atoms with E-state index in [0.717, 1.165) is 0 Å². The zero-order chi connectivity index (χ0) is 27.3. The number of hydrogen-bond acceptors (Lipinski definition) is 0. The van der Waals surface area contributed by atoms with Gasteiger partial charge in [0.15, 0.2) is 0 Å². The van der Waals surface area contributed by atoms with Crippen LogP contribution in [0.3, 0.4) is 0 Å². The molecule has 2 heteroatoms. The molecule has 1 aliphatic rings. The van der Waals surface area contributed by atoms with Gasteiger partial charge in [0.1, 0.15) is 0 Å². The van der Waals surface area contributed by atoms with Crippen LogP contribution in [-0.2, 0) is 5.41 Å². The lowest BCUT2D eigenvalue weighted by Crippen LogP contribution is -2.26. The Morgan fingerprint density at radius 2 is 1.12 bits per heavy atom. The summed E-state index contributed by atoms with van der Waals surface area (Å²) in [6.45, 7) is 4.73. The van der Waals surface area contributed by atoms with Crippen molar-refractivity contribution < 1.29 is 0 Å². The van der Waals surface area contributed by atoms with Crippen LogP contribution in [0.4, 0.5) is 0 Å². The second-order valence-electron chi connectivity index (χ2n) is 11.8. The first-order valence-corrected chi connectivity index (χ1v) is 14.4. The molecule has 0 N–H and O–H groups in total. The van der Waals surface area contributed by atoms with Crippen LogP contribution < -0.4 is 0 Å². The number of fused-ring (bicyclic) bond motifs is 9. The third-order valence-corrected chi connectivity index (χ3v) is 9.31. The molecule has 0 unspecified atom stereocenters. The van der Waals surface area contributed by atoms with Gasteiger partial charge in [0, 0.05) is 32.6 Å². The highest BCUT2D eigenvalue weighted by molar-refractivity contribution is 6.26. The molecule has 0 amide bonds. The van der Waals surface area contributed by atoms with Crippen LogP contribution in [0.5, 0.6) is 0 Å². The maximum absolute atomic E-state index is 2.51. The van der Waals surface area contributed by atoms with E-state index in [4.69, 9.17) is 0 Å². The normalized spacial score (nSPS) is 13.8. The Balaban J connectivity index is 1.44. The zero-order valence-electron chi connectivity index (χ0n) is 23.1.